The van der Waals surface area contributed by atoms with E-state index in [1.54, 1.807) is 13.2 Å². The van der Waals surface area contributed by atoms with E-state index in [0.717, 1.165) is 30.0 Å². The summed E-state index contributed by atoms with van der Waals surface area (Å²) in [5, 5.41) is 3.46. The van der Waals surface area contributed by atoms with Gasteiger partial charge in [-0.25, -0.2) is 0 Å². The molecule has 0 radical (unpaired) electrons. The summed E-state index contributed by atoms with van der Waals surface area (Å²) in [5.74, 6) is 1.57. The lowest BCUT2D eigenvalue weighted by Crippen LogP contribution is -2.24. The summed E-state index contributed by atoms with van der Waals surface area (Å²) in [5.41, 5.74) is 1.11. The summed E-state index contributed by atoms with van der Waals surface area (Å²) in [6.45, 7) is 9.26. The summed E-state index contributed by atoms with van der Waals surface area (Å²) >= 11 is 0. The molecule has 1 aromatic carbocycles. The van der Waals surface area contributed by atoms with Gasteiger partial charge in [0.25, 0.3) is 0 Å². The second kappa shape index (κ2) is 7.77. The number of rotatable bonds is 8. The first kappa shape index (κ1) is 14.6. The van der Waals surface area contributed by atoms with Gasteiger partial charge in [0.15, 0.2) is 11.5 Å². The quantitative estimate of drug-likeness (QED) is 0.718. The van der Waals surface area contributed by atoms with E-state index in [4.69, 9.17) is 9.47 Å². The minimum absolute atomic E-state index is 0.483. The fourth-order valence-corrected chi connectivity index (χ4v) is 1.60. The van der Waals surface area contributed by atoms with Crippen LogP contribution in [0.2, 0.25) is 0 Å². The van der Waals surface area contributed by atoms with E-state index < -0.39 is 0 Å². The molecule has 100 valence electrons. The molecule has 3 nitrogen and oxygen atoms in total. The predicted molar refractivity (Wildman–Crippen MR) is 75.3 cm³/mol. The molecule has 0 aromatic heterocycles. The highest BCUT2D eigenvalue weighted by Crippen LogP contribution is 2.31. The van der Waals surface area contributed by atoms with Crippen molar-refractivity contribution in [3.8, 4) is 11.5 Å². The Balaban J connectivity index is 2.83. The van der Waals surface area contributed by atoms with Crippen molar-refractivity contribution in [1.82, 2.24) is 5.32 Å². The molecule has 0 saturated heterocycles. The molecule has 1 unspecified atom stereocenters. The second-order valence-electron chi connectivity index (χ2n) is 4.24. The number of nitrogens with one attached hydrogen (secondary N) is 1. The molecule has 0 aliphatic rings. The smallest absolute Gasteiger partial charge is 0.166 e. The average molecular weight is 249 g/mol. The minimum atomic E-state index is 0.483. The Labute approximate surface area is 110 Å². The van der Waals surface area contributed by atoms with Gasteiger partial charge in [0.2, 0.25) is 0 Å². The van der Waals surface area contributed by atoms with Crippen molar-refractivity contribution >= 4 is 0 Å². The molecular weight excluding hydrogens is 226 g/mol. The van der Waals surface area contributed by atoms with Gasteiger partial charge in [-0.2, -0.15) is 0 Å². The number of benzene rings is 1. The Morgan fingerprint density at radius 3 is 2.83 bits per heavy atom. The summed E-state index contributed by atoms with van der Waals surface area (Å²) in [7, 11) is 1.65. The minimum Gasteiger partial charge on any atom is -0.493 e. The van der Waals surface area contributed by atoms with Gasteiger partial charge < -0.3 is 14.8 Å². The van der Waals surface area contributed by atoms with Crippen LogP contribution in [-0.2, 0) is 6.54 Å². The third-order valence-corrected chi connectivity index (χ3v) is 2.88. The zero-order valence-corrected chi connectivity index (χ0v) is 11.5. The Hall–Kier alpha value is -1.48. The van der Waals surface area contributed by atoms with Crippen LogP contribution in [0.1, 0.15) is 25.8 Å². The number of hydrogen-bond donors (Lipinski definition) is 1. The molecule has 0 fully saturated rings. The molecule has 1 rings (SSSR count). The Morgan fingerprint density at radius 2 is 2.22 bits per heavy atom. The Kier molecular flexibility index (Phi) is 6.29. The van der Waals surface area contributed by atoms with Gasteiger partial charge in [0.05, 0.1) is 7.11 Å². The maximum absolute atomic E-state index is 5.69. The molecule has 0 heterocycles. The highest BCUT2D eigenvalue weighted by Gasteiger charge is 2.10. The van der Waals surface area contributed by atoms with Gasteiger partial charge >= 0.3 is 0 Å². The normalized spacial score (nSPS) is 11.9. The summed E-state index contributed by atoms with van der Waals surface area (Å²) in [4.78, 5) is 0. The largest absolute Gasteiger partial charge is 0.493 e. The van der Waals surface area contributed by atoms with Crippen molar-refractivity contribution in [2.24, 2.45) is 0 Å². The van der Waals surface area contributed by atoms with Crippen LogP contribution < -0.4 is 14.8 Å². The molecule has 3 heteroatoms. The van der Waals surface area contributed by atoms with E-state index in [0.29, 0.717) is 12.6 Å². The van der Waals surface area contributed by atoms with Crippen molar-refractivity contribution in [3.63, 3.8) is 0 Å². The lowest BCUT2D eigenvalue weighted by atomic mass is 10.1. The summed E-state index contributed by atoms with van der Waals surface area (Å²) in [6.07, 6.45) is 2.84. The van der Waals surface area contributed by atoms with Crippen LogP contribution in [0, 0.1) is 0 Å². The van der Waals surface area contributed by atoms with Crippen LogP contribution >= 0.6 is 0 Å². The molecule has 0 bridgehead atoms. The molecule has 0 aliphatic carbocycles. The number of hydrogen-bond acceptors (Lipinski definition) is 3. The lowest BCUT2D eigenvalue weighted by Gasteiger charge is -2.16. The number of ether oxygens (including phenoxy) is 2. The maximum atomic E-state index is 5.69. The molecule has 1 N–H and O–H groups in total. The van der Waals surface area contributed by atoms with Crippen molar-refractivity contribution < 1.29 is 9.47 Å². The predicted octanol–water partition coefficient (Wildman–Crippen LogP) is 3.15. The third kappa shape index (κ3) is 4.08. The van der Waals surface area contributed by atoms with Gasteiger partial charge in [0, 0.05) is 18.2 Å². The Morgan fingerprint density at radius 1 is 1.44 bits per heavy atom. The van der Waals surface area contributed by atoms with Gasteiger partial charge in [-0.1, -0.05) is 31.7 Å². The molecule has 0 spiro atoms. The molecule has 1 aromatic rings. The third-order valence-electron chi connectivity index (χ3n) is 2.88. The van der Waals surface area contributed by atoms with Gasteiger partial charge in [-0.05, 0) is 19.4 Å². The van der Waals surface area contributed by atoms with E-state index in [1.807, 2.05) is 12.1 Å². The van der Waals surface area contributed by atoms with Crippen LogP contribution in [0.3, 0.4) is 0 Å². The first-order valence-electron chi connectivity index (χ1n) is 6.35. The zero-order chi connectivity index (χ0) is 13.4. The number of para-hydroxylation sites is 1. The first-order valence-corrected chi connectivity index (χ1v) is 6.35. The molecular formula is C15H23NO2. The number of methoxy groups -OCH3 is 1. The molecule has 0 saturated carbocycles. The zero-order valence-electron chi connectivity index (χ0n) is 11.5. The monoisotopic (exact) mass is 249 g/mol. The van der Waals surface area contributed by atoms with Crippen LogP contribution in [0.25, 0.3) is 0 Å². The van der Waals surface area contributed by atoms with Crippen molar-refractivity contribution in [3.05, 3.63) is 36.4 Å². The lowest BCUT2D eigenvalue weighted by molar-refractivity contribution is 0.321. The highest BCUT2D eigenvalue weighted by molar-refractivity contribution is 5.46. The first-order chi connectivity index (χ1) is 8.72. The SMILES string of the molecule is C=CCOc1c(CNC(C)CC)cccc1OC. The van der Waals surface area contributed by atoms with Crippen LogP contribution in [0.5, 0.6) is 11.5 Å². The second-order valence-corrected chi connectivity index (χ2v) is 4.24. The van der Waals surface area contributed by atoms with E-state index in [1.165, 1.54) is 0 Å². The molecule has 1 atom stereocenters. The average Bonchev–Trinajstić information content (AvgIpc) is 2.42. The van der Waals surface area contributed by atoms with Crippen molar-refractivity contribution in [2.75, 3.05) is 13.7 Å². The van der Waals surface area contributed by atoms with Gasteiger partial charge in [-0.3, -0.25) is 0 Å². The molecule has 0 amide bonds. The van der Waals surface area contributed by atoms with Crippen LogP contribution in [0.4, 0.5) is 0 Å². The van der Waals surface area contributed by atoms with Crippen LogP contribution in [0.15, 0.2) is 30.9 Å². The molecule has 18 heavy (non-hydrogen) atoms. The topological polar surface area (TPSA) is 30.5 Å². The van der Waals surface area contributed by atoms with Crippen molar-refractivity contribution in [1.29, 1.82) is 0 Å². The van der Waals surface area contributed by atoms with Crippen LogP contribution in [-0.4, -0.2) is 19.8 Å². The molecule has 0 aliphatic heterocycles. The fourth-order valence-electron chi connectivity index (χ4n) is 1.60. The van der Waals surface area contributed by atoms with Crippen molar-refractivity contribution in [2.45, 2.75) is 32.9 Å². The van der Waals surface area contributed by atoms with E-state index in [2.05, 4.69) is 31.8 Å². The highest BCUT2D eigenvalue weighted by atomic mass is 16.5. The maximum Gasteiger partial charge on any atom is 0.166 e. The summed E-state index contributed by atoms with van der Waals surface area (Å²) < 4.78 is 11.0. The summed E-state index contributed by atoms with van der Waals surface area (Å²) in [6, 6.07) is 6.43. The van der Waals surface area contributed by atoms with Gasteiger partial charge in [-0.15, -0.1) is 0 Å². The fraction of sp³-hybridized carbons (Fsp3) is 0.467. The van der Waals surface area contributed by atoms with E-state index >= 15 is 0 Å². The van der Waals surface area contributed by atoms with Gasteiger partial charge in [0.1, 0.15) is 6.61 Å². The Bertz CT molecular complexity index is 377. The van der Waals surface area contributed by atoms with E-state index in [9.17, 15) is 0 Å². The standard InChI is InChI=1S/C15H23NO2/c1-5-10-18-15-13(11-16-12(3)6-2)8-7-9-14(15)17-4/h5,7-9,12,16H,1,6,10-11H2,2-4H3. The van der Waals surface area contributed by atoms with E-state index in [-0.39, 0.29) is 0 Å².